The van der Waals surface area contributed by atoms with Crippen LogP contribution in [0, 0.1) is 0 Å². The Kier molecular flexibility index (Phi) is 4.95. The van der Waals surface area contributed by atoms with Gasteiger partial charge >= 0.3 is 0 Å². The van der Waals surface area contributed by atoms with Gasteiger partial charge in [-0.05, 0) is 19.9 Å². The minimum absolute atomic E-state index is 0.875. The first-order valence-corrected chi connectivity index (χ1v) is 2.91. The fourth-order valence-corrected chi connectivity index (χ4v) is 0.700. The molecule has 0 spiro atoms. The third-order valence-corrected chi connectivity index (χ3v) is 1.08. The van der Waals surface area contributed by atoms with Crippen molar-refractivity contribution in [3.63, 3.8) is 0 Å². The van der Waals surface area contributed by atoms with E-state index in [0.29, 0.717) is 0 Å². The summed E-state index contributed by atoms with van der Waals surface area (Å²) in [5.74, 6) is 0. The van der Waals surface area contributed by atoms with Gasteiger partial charge in [0.25, 0.3) is 0 Å². The minimum atomic E-state index is 0.875. The van der Waals surface area contributed by atoms with Crippen molar-refractivity contribution in [1.29, 1.82) is 0 Å². The molecule has 8 heavy (non-hydrogen) atoms. The maximum Gasteiger partial charge on any atom is 0.0238 e. The Hall–Kier alpha value is -0.120. The summed E-state index contributed by atoms with van der Waals surface area (Å²) < 4.78 is 0. The molecular formula is C5H14N2O. The van der Waals surface area contributed by atoms with Crippen molar-refractivity contribution in [1.82, 2.24) is 5.06 Å². The molecule has 0 aromatic carbocycles. The maximum atomic E-state index is 8.56. The van der Waals surface area contributed by atoms with Gasteiger partial charge < -0.3 is 10.9 Å². The second-order valence-electron chi connectivity index (χ2n) is 1.66. The molecule has 0 unspecified atom stereocenters. The van der Waals surface area contributed by atoms with E-state index in [0.717, 1.165) is 25.9 Å². The molecule has 0 radical (unpaired) electrons. The fraction of sp³-hybridized carbons (Fsp3) is 1.00. The Labute approximate surface area is 50.0 Å². The van der Waals surface area contributed by atoms with Crippen LogP contribution in [0.15, 0.2) is 0 Å². The summed E-state index contributed by atoms with van der Waals surface area (Å²) >= 11 is 0. The highest BCUT2D eigenvalue weighted by atomic mass is 16.5. The zero-order valence-corrected chi connectivity index (χ0v) is 5.30. The molecular weight excluding hydrogens is 104 g/mol. The average Bonchev–Trinajstić information content (AvgIpc) is 2.24. The lowest BCUT2D eigenvalue weighted by Gasteiger charge is -1.99. The van der Waals surface area contributed by atoms with Crippen LogP contribution in [0.25, 0.3) is 0 Å². The van der Waals surface area contributed by atoms with E-state index in [1.165, 1.54) is 12.1 Å². The SMILES string of the molecule is CN.ON1CCCC1. The largest absolute Gasteiger partial charge is 0.333 e. The Balaban J connectivity index is 0.000000222. The second-order valence-corrected chi connectivity index (χ2v) is 1.66. The first-order chi connectivity index (χ1) is 3.89. The standard InChI is InChI=1S/C4H9NO.CH5N/c6-5-3-1-2-4-5;1-2/h6H,1-4H2;2H2,1H3. The first kappa shape index (κ1) is 7.88. The summed E-state index contributed by atoms with van der Waals surface area (Å²) in [7, 11) is 1.50. The van der Waals surface area contributed by atoms with Crippen LogP contribution in [0.3, 0.4) is 0 Å². The predicted octanol–water partition coefficient (Wildman–Crippen LogP) is 0.0463. The normalized spacial score (nSPS) is 19.9. The van der Waals surface area contributed by atoms with Gasteiger partial charge in [-0.15, -0.1) is 0 Å². The lowest BCUT2D eigenvalue weighted by Crippen LogP contribution is -2.11. The van der Waals surface area contributed by atoms with Gasteiger partial charge in [-0.2, -0.15) is 5.06 Å². The van der Waals surface area contributed by atoms with E-state index in [1.54, 1.807) is 0 Å². The highest BCUT2D eigenvalue weighted by molar-refractivity contribution is 4.54. The Morgan fingerprint density at radius 2 is 1.62 bits per heavy atom. The molecule has 1 heterocycles. The van der Waals surface area contributed by atoms with Crippen molar-refractivity contribution < 1.29 is 5.21 Å². The monoisotopic (exact) mass is 118 g/mol. The van der Waals surface area contributed by atoms with E-state index in [9.17, 15) is 0 Å². The topological polar surface area (TPSA) is 49.5 Å². The van der Waals surface area contributed by atoms with Crippen molar-refractivity contribution in [3.05, 3.63) is 0 Å². The highest BCUT2D eigenvalue weighted by Gasteiger charge is 2.05. The van der Waals surface area contributed by atoms with E-state index in [4.69, 9.17) is 5.21 Å². The van der Waals surface area contributed by atoms with Gasteiger partial charge in [-0.1, -0.05) is 0 Å². The molecule has 3 N–H and O–H groups in total. The van der Waals surface area contributed by atoms with Gasteiger partial charge in [0.1, 0.15) is 0 Å². The molecule has 1 aliphatic rings. The van der Waals surface area contributed by atoms with Crippen molar-refractivity contribution >= 4 is 0 Å². The van der Waals surface area contributed by atoms with E-state index in [2.05, 4.69) is 5.73 Å². The van der Waals surface area contributed by atoms with Crippen LogP contribution in [0.4, 0.5) is 0 Å². The highest BCUT2D eigenvalue weighted by Crippen LogP contribution is 2.01. The Bertz CT molecular complexity index is 43.7. The zero-order chi connectivity index (χ0) is 6.41. The quantitative estimate of drug-likeness (QED) is 0.472. The molecule has 0 aromatic rings. The average molecular weight is 118 g/mol. The minimum Gasteiger partial charge on any atom is -0.333 e. The number of hydrogen-bond acceptors (Lipinski definition) is 3. The summed E-state index contributed by atoms with van der Waals surface area (Å²) in [5.41, 5.74) is 4.50. The number of nitrogens with two attached hydrogens (primary N) is 1. The molecule has 1 rings (SSSR count). The number of nitrogens with zero attached hydrogens (tertiary/aromatic N) is 1. The van der Waals surface area contributed by atoms with Crippen LogP contribution >= 0.6 is 0 Å². The summed E-state index contributed by atoms with van der Waals surface area (Å²) in [6.07, 6.45) is 2.33. The predicted molar refractivity (Wildman–Crippen MR) is 32.7 cm³/mol. The summed E-state index contributed by atoms with van der Waals surface area (Å²) in [6, 6.07) is 0. The molecule has 0 aromatic heterocycles. The lowest BCUT2D eigenvalue weighted by atomic mass is 10.4. The van der Waals surface area contributed by atoms with E-state index < -0.39 is 0 Å². The molecule has 3 nitrogen and oxygen atoms in total. The molecule has 0 aliphatic carbocycles. The van der Waals surface area contributed by atoms with Crippen molar-refractivity contribution in [2.75, 3.05) is 20.1 Å². The molecule has 0 atom stereocenters. The molecule has 50 valence electrons. The molecule has 0 bridgehead atoms. The van der Waals surface area contributed by atoms with Crippen LogP contribution in [0.2, 0.25) is 0 Å². The van der Waals surface area contributed by atoms with Crippen LogP contribution in [-0.4, -0.2) is 30.4 Å². The van der Waals surface area contributed by atoms with Crippen LogP contribution < -0.4 is 5.73 Å². The summed E-state index contributed by atoms with van der Waals surface area (Å²) in [6.45, 7) is 1.75. The van der Waals surface area contributed by atoms with Crippen LogP contribution in [-0.2, 0) is 0 Å². The zero-order valence-electron chi connectivity index (χ0n) is 5.30. The van der Waals surface area contributed by atoms with Gasteiger partial charge in [0.05, 0.1) is 0 Å². The molecule has 0 saturated carbocycles. The fourth-order valence-electron chi connectivity index (χ4n) is 0.700. The molecule has 0 amide bonds. The van der Waals surface area contributed by atoms with E-state index >= 15 is 0 Å². The third kappa shape index (κ3) is 2.96. The van der Waals surface area contributed by atoms with Gasteiger partial charge in [0, 0.05) is 13.1 Å². The van der Waals surface area contributed by atoms with Crippen molar-refractivity contribution in [2.24, 2.45) is 5.73 Å². The molecule has 3 heteroatoms. The van der Waals surface area contributed by atoms with Gasteiger partial charge in [0.15, 0.2) is 0 Å². The van der Waals surface area contributed by atoms with Crippen LogP contribution in [0.5, 0.6) is 0 Å². The Morgan fingerprint density at radius 1 is 1.25 bits per heavy atom. The third-order valence-electron chi connectivity index (χ3n) is 1.08. The lowest BCUT2D eigenvalue weighted by molar-refractivity contribution is -0.0678. The van der Waals surface area contributed by atoms with Gasteiger partial charge in [0.2, 0.25) is 0 Å². The molecule has 1 fully saturated rings. The smallest absolute Gasteiger partial charge is 0.0238 e. The molecule has 1 saturated heterocycles. The molecule has 1 aliphatic heterocycles. The van der Waals surface area contributed by atoms with Crippen molar-refractivity contribution in [2.45, 2.75) is 12.8 Å². The van der Waals surface area contributed by atoms with Crippen LogP contribution in [0.1, 0.15) is 12.8 Å². The number of hydroxylamine groups is 2. The summed E-state index contributed by atoms with van der Waals surface area (Å²) in [4.78, 5) is 0. The maximum absolute atomic E-state index is 8.56. The van der Waals surface area contributed by atoms with Gasteiger partial charge in [-0.25, -0.2) is 0 Å². The Morgan fingerprint density at radius 3 is 1.75 bits per heavy atom. The number of hydrogen-bond donors (Lipinski definition) is 2. The second kappa shape index (κ2) is 5.03. The van der Waals surface area contributed by atoms with Crippen molar-refractivity contribution in [3.8, 4) is 0 Å². The van der Waals surface area contributed by atoms with Gasteiger partial charge in [-0.3, -0.25) is 0 Å². The summed E-state index contributed by atoms with van der Waals surface area (Å²) in [5, 5.41) is 9.92. The first-order valence-electron chi connectivity index (χ1n) is 2.91. The van der Waals surface area contributed by atoms with E-state index in [-0.39, 0.29) is 0 Å². The number of rotatable bonds is 0. The van der Waals surface area contributed by atoms with E-state index in [1.807, 2.05) is 0 Å².